The number of nitrogens with one attached hydrogen (secondary N) is 1. The van der Waals surface area contributed by atoms with Crippen molar-refractivity contribution in [3.63, 3.8) is 0 Å². The van der Waals surface area contributed by atoms with Gasteiger partial charge in [0, 0.05) is 24.7 Å². The van der Waals surface area contributed by atoms with Gasteiger partial charge < -0.3 is 5.32 Å². The highest BCUT2D eigenvalue weighted by molar-refractivity contribution is 7.99. The number of hydrogen-bond donors (Lipinski definition) is 1. The molecule has 1 rings (SSSR count). The van der Waals surface area contributed by atoms with Crippen LogP contribution < -0.4 is 5.32 Å². The fourth-order valence-corrected chi connectivity index (χ4v) is 3.77. The summed E-state index contributed by atoms with van der Waals surface area (Å²) in [7, 11) is 0. The molecule has 1 unspecified atom stereocenters. The Labute approximate surface area is 125 Å². The molecule has 3 heteroatoms. The fraction of sp³-hybridized carbons (Fsp3) is 1.00. The van der Waals surface area contributed by atoms with E-state index < -0.39 is 0 Å². The lowest BCUT2D eigenvalue weighted by molar-refractivity contribution is 0.0228. The second kappa shape index (κ2) is 8.53. The van der Waals surface area contributed by atoms with Crippen LogP contribution in [0.5, 0.6) is 0 Å². The molecular formula is C16H34N2S. The van der Waals surface area contributed by atoms with Crippen molar-refractivity contribution in [3.05, 3.63) is 0 Å². The second-order valence-electron chi connectivity index (χ2n) is 6.16. The summed E-state index contributed by atoms with van der Waals surface area (Å²) in [5, 5.41) is 3.80. The molecule has 1 saturated heterocycles. The fourth-order valence-electron chi connectivity index (χ4n) is 3.15. The molecule has 2 nitrogen and oxygen atoms in total. The number of piperazine rings is 1. The molecule has 1 atom stereocenters. The molecule has 0 aromatic carbocycles. The first-order valence-electron chi connectivity index (χ1n) is 8.15. The lowest BCUT2D eigenvalue weighted by Gasteiger charge is -2.50. The summed E-state index contributed by atoms with van der Waals surface area (Å²) in [6, 6.07) is 0.671. The lowest BCUT2D eigenvalue weighted by atomic mass is 9.85. The molecule has 0 aromatic heterocycles. The summed E-state index contributed by atoms with van der Waals surface area (Å²) >= 11 is 2.08. The molecule has 1 fully saturated rings. The Kier molecular flexibility index (Phi) is 7.78. The Morgan fingerprint density at radius 2 is 1.95 bits per heavy atom. The average molecular weight is 287 g/mol. The van der Waals surface area contributed by atoms with Gasteiger partial charge in [-0.1, -0.05) is 34.6 Å². The van der Waals surface area contributed by atoms with Crippen LogP contribution >= 0.6 is 11.8 Å². The van der Waals surface area contributed by atoms with Gasteiger partial charge in [-0.15, -0.1) is 0 Å². The molecular weight excluding hydrogens is 252 g/mol. The molecule has 0 radical (unpaired) electrons. The van der Waals surface area contributed by atoms with Crippen LogP contribution in [0.25, 0.3) is 0 Å². The molecule has 1 aliphatic rings. The molecule has 0 bridgehead atoms. The Bertz CT molecular complexity index is 239. The van der Waals surface area contributed by atoms with Gasteiger partial charge in [-0.05, 0) is 43.2 Å². The standard InChI is InChI=1S/C16H34N2S/c1-6-16(7-2)13-17-15(14(4)5)12-18(16)10-9-11-19-8-3/h14-15,17H,6-13H2,1-5H3. The van der Waals surface area contributed by atoms with Gasteiger partial charge in [0.2, 0.25) is 0 Å². The van der Waals surface area contributed by atoms with E-state index in [0.717, 1.165) is 5.92 Å². The normalized spacial score (nSPS) is 24.0. The maximum absolute atomic E-state index is 3.80. The molecule has 114 valence electrons. The average Bonchev–Trinajstić information content (AvgIpc) is 2.43. The molecule has 0 spiro atoms. The minimum Gasteiger partial charge on any atom is -0.311 e. The van der Waals surface area contributed by atoms with E-state index in [9.17, 15) is 0 Å². The zero-order valence-electron chi connectivity index (χ0n) is 13.7. The third-order valence-electron chi connectivity index (χ3n) is 4.82. The van der Waals surface area contributed by atoms with Gasteiger partial charge in [-0.2, -0.15) is 11.8 Å². The Morgan fingerprint density at radius 1 is 1.26 bits per heavy atom. The van der Waals surface area contributed by atoms with Crippen molar-refractivity contribution in [2.24, 2.45) is 5.92 Å². The highest BCUT2D eigenvalue weighted by Gasteiger charge is 2.38. The molecule has 0 amide bonds. The van der Waals surface area contributed by atoms with Gasteiger partial charge in [-0.3, -0.25) is 4.90 Å². The van der Waals surface area contributed by atoms with Gasteiger partial charge in [0.15, 0.2) is 0 Å². The Morgan fingerprint density at radius 3 is 2.47 bits per heavy atom. The van der Waals surface area contributed by atoms with E-state index in [1.165, 1.54) is 50.4 Å². The summed E-state index contributed by atoms with van der Waals surface area (Å²) in [5.41, 5.74) is 0.405. The van der Waals surface area contributed by atoms with E-state index in [2.05, 4.69) is 56.6 Å². The zero-order valence-corrected chi connectivity index (χ0v) is 14.5. The summed E-state index contributed by atoms with van der Waals surface area (Å²) < 4.78 is 0. The van der Waals surface area contributed by atoms with E-state index in [1.54, 1.807) is 0 Å². The van der Waals surface area contributed by atoms with Crippen LogP contribution in [0.3, 0.4) is 0 Å². The maximum atomic E-state index is 3.80. The SMILES string of the molecule is CCSCCCN1CC(C(C)C)NCC1(CC)CC. The first kappa shape index (κ1) is 17.3. The summed E-state index contributed by atoms with van der Waals surface area (Å²) in [6.07, 6.45) is 3.87. The highest BCUT2D eigenvalue weighted by Crippen LogP contribution is 2.28. The Hall–Kier alpha value is 0.270. The van der Waals surface area contributed by atoms with Crippen molar-refractivity contribution >= 4 is 11.8 Å². The van der Waals surface area contributed by atoms with Crippen LogP contribution in [0.2, 0.25) is 0 Å². The molecule has 1 N–H and O–H groups in total. The van der Waals surface area contributed by atoms with Gasteiger partial charge in [-0.25, -0.2) is 0 Å². The molecule has 1 heterocycles. The number of nitrogens with zero attached hydrogens (tertiary/aromatic N) is 1. The summed E-state index contributed by atoms with van der Waals surface area (Å²) in [6.45, 7) is 15.3. The van der Waals surface area contributed by atoms with Crippen LogP contribution in [0.15, 0.2) is 0 Å². The Balaban J connectivity index is 2.60. The number of hydrogen-bond acceptors (Lipinski definition) is 3. The van der Waals surface area contributed by atoms with Crippen LogP contribution in [0, 0.1) is 5.92 Å². The largest absolute Gasteiger partial charge is 0.311 e. The van der Waals surface area contributed by atoms with Crippen LogP contribution in [-0.4, -0.2) is 47.6 Å². The summed E-state index contributed by atoms with van der Waals surface area (Å²) in [4.78, 5) is 2.80. The van der Waals surface area contributed by atoms with Gasteiger partial charge in [0.1, 0.15) is 0 Å². The molecule has 0 aliphatic carbocycles. The smallest absolute Gasteiger partial charge is 0.0329 e. The molecule has 1 aliphatic heterocycles. The van der Waals surface area contributed by atoms with Crippen molar-refractivity contribution in [2.75, 3.05) is 31.1 Å². The highest BCUT2D eigenvalue weighted by atomic mass is 32.2. The molecule has 0 aromatic rings. The minimum absolute atomic E-state index is 0.405. The summed E-state index contributed by atoms with van der Waals surface area (Å²) in [5.74, 6) is 3.30. The number of rotatable bonds is 8. The minimum atomic E-state index is 0.405. The predicted molar refractivity (Wildman–Crippen MR) is 89.1 cm³/mol. The monoisotopic (exact) mass is 286 g/mol. The van der Waals surface area contributed by atoms with Gasteiger partial charge in [0.25, 0.3) is 0 Å². The van der Waals surface area contributed by atoms with E-state index in [4.69, 9.17) is 0 Å². The first-order valence-corrected chi connectivity index (χ1v) is 9.31. The van der Waals surface area contributed by atoms with E-state index in [-0.39, 0.29) is 0 Å². The zero-order chi connectivity index (χ0) is 14.3. The van der Waals surface area contributed by atoms with E-state index in [1.807, 2.05) is 0 Å². The van der Waals surface area contributed by atoms with Crippen molar-refractivity contribution in [1.82, 2.24) is 10.2 Å². The van der Waals surface area contributed by atoms with Crippen molar-refractivity contribution in [2.45, 2.75) is 65.5 Å². The topological polar surface area (TPSA) is 15.3 Å². The first-order chi connectivity index (χ1) is 9.09. The number of thioether (sulfide) groups is 1. The quantitative estimate of drug-likeness (QED) is 0.686. The van der Waals surface area contributed by atoms with Gasteiger partial charge >= 0.3 is 0 Å². The predicted octanol–water partition coefficient (Wildman–Crippen LogP) is 3.62. The maximum Gasteiger partial charge on any atom is 0.0329 e. The van der Waals surface area contributed by atoms with Crippen molar-refractivity contribution in [1.29, 1.82) is 0 Å². The third kappa shape index (κ3) is 4.64. The van der Waals surface area contributed by atoms with Crippen LogP contribution in [-0.2, 0) is 0 Å². The van der Waals surface area contributed by atoms with Crippen molar-refractivity contribution in [3.8, 4) is 0 Å². The van der Waals surface area contributed by atoms with Gasteiger partial charge in [0.05, 0.1) is 0 Å². The van der Waals surface area contributed by atoms with Crippen LogP contribution in [0.4, 0.5) is 0 Å². The second-order valence-corrected chi connectivity index (χ2v) is 7.55. The molecule has 19 heavy (non-hydrogen) atoms. The van der Waals surface area contributed by atoms with E-state index >= 15 is 0 Å². The lowest BCUT2D eigenvalue weighted by Crippen LogP contribution is -2.65. The molecule has 0 saturated carbocycles. The van der Waals surface area contributed by atoms with E-state index in [0.29, 0.717) is 11.6 Å². The van der Waals surface area contributed by atoms with Crippen LogP contribution in [0.1, 0.15) is 53.9 Å². The third-order valence-corrected chi connectivity index (χ3v) is 5.81. The van der Waals surface area contributed by atoms with Crippen molar-refractivity contribution < 1.29 is 0 Å².